The predicted octanol–water partition coefficient (Wildman–Crippen LogP) is 2.89. The molecule has 0 fully saturated rings. The van der Waals surface area contributed by atoms with Crippen molar-refractivity contribution in [3.63, 3.8) is 0 Å². The molecule has 0 atom stereocenters. The molecule has 6 heteroatoms. The molecule has 4 nitrogen and oxygen atoms in total. The van der Waals surface area contributed by atoms with Gasteiger partial charge in [-0.15, -0.1) is 0 Å². The second kappa shape index (κ2) is 6.82. The van der Waals surface area contributed by atoms with Gasteiger partial charge >= 0.3 is 0 Å². The summed E-state index contributed by atoms with van der Waals surface area (Å²) in [7, 11) is 0. The average molecular weight is 280 g/mol. The molecule has 0 saturated heterocycles. The minimum absolute atomic E-state index is 0.823. The summed E-state index contributed by atoms with van der Waals surface area (Å²) in [5.74, 6) is 0.823. The Morgan fingerprint density at radius 1 is 1.44 bits per heavy atom. The highest BCUT2D eigenvalue weighted by atomic mass is 32.2. The molecule has 0 aromatic carbocycles. The van der Waals surface area contributed by atoms with Crippen LogP contribution in [0.15, 0.2) is 27.7 Å². The number of pyridine rings is 1. The van der Waals surface area contributed by atoms with E-state index in [4.69, 9.17) is 0 Å². The van der Waals surface area contributed by atoms with E-state index in [0.717, 1.165) is 34.7 Å². The van der Waals surface area contributed by atoms with Gasteiger partial charge in [0.05, 0.1) is 0 Å². The summed E-state index contributed by atoms with van der Waals surface area (Å²) in [6.07, 6.45) is 2.96. The van der Waals surface area contributed by atoms with E-state index in [1.54, 1.807) is 11.8 Å². The lowest BCUT2D eigenvalue weighted by Crippen LogP contribution is -2.14. The van der Waals surface area contributed by atoms with Gasteiger partial charge in [-0.25, -0.2) is 9.97 Å². The first kappa shape index (κ1) is 13.5. The molecular formula is C12H16N4S2. The molecule has 0 unspecified atom stereocenters. The van der Waals surface area contributed by atoms with Crippen LogP contribution >= 0.6 is 23.3 Å². The topological polar surface area (TPSA) is 50.7 Å². The first-order valence-electron chi connectivity index (χ1n) is 5.92. The van der Waals surface area contributed by atoms with Crippen LogP contribution in [0, 0.1) is 6.92 Å². The van der Waals surface area contributed by atoms with Crippen LogP contribution in [0.4, 0.5) is 0 Å². The van der Waals surface area contributed by atoms with E-state index in [1.807, 2.05) is 19.2 Å². The first-order valence-corrected chi connectivity index (χ1v) is 7.51. The summed E-state index contributed by atoms with van der Waals surface area (Å²) in [5.41, 5.74) is 1.21. The summed E-state index contributed by atoms with van der Waals surface area (Å²) >= 11 is 3.01. The Labute approximate surface area is 115 Å². The lowest BCUT2D eigenvalue weighted by Gasteiger charge is -2.07. The van der Waals surface area contributed by atoms with Crippen molar-refractivity contribution in [1.29, 1.82) is 0 Å². The third-order valence-corrected chi connectivity index (χ3v) is 4.19. The smallest absolute Gasteiger partial charge is 0.176 e. The molecule has 96 valence electrons. The average Bonchev–Trinajstić information content (AvgIpc) is 2.77. The van der Waals surface area contributed by atoms with E-state index in [0.29, 0.717) is 0 Å². The third-order valence-electron chi connectivity index (χ3n) is 2.29. The molecular weight excluding hydrogens is 264 g/mol. The highest BCUT2D eigenvalue weighted by Crippen LogP contribution is 2.29. The van der Waals surface area contributed by atoms with Gasteiger partial charge in [0, 0.05) is 12.7 Å². The third kappa shape index (κ3) is 3.76. The normalized spacial score (nSPS) is 10.8. The van der Waals surface area contributed by atoms with Crippen LogP contribution < -0.4 is 5.32 Å². The number of nitrogens with one attached hydrogen (secondary N) is 1. The highest BCUT2D eigenvalue weighted by molar-refractivity contribution is 8.00. The Balaban J connectivity index is 2.07. The van der Waals surface area contributed by atoms with Crippen LogP contribution in [0.5, 0.6) is 0 Å². The summed E-state index contributed by atoms with van der Waals surface area (Å²) in [4.78, 5) is 8.78. The molecule has 2 aromatic heterocycles. The van der Waals surface area contributed by atoms with Gasteiger partial charge in [-0.2, -0.15) is 4.37 Å². The molecule has 0 aliphatic heterocycles. The van der Waals surface area contributed by atoms with Crippen molar-refractivity contribution in [3.8, 4) is 0 Å². The summed E-state index contributed by atoms with van der Waals surface area (Å²) in [5, 5.41) is 4.41. The summed E-state index contributed by atoms with van der Waals surface area (Å²) in [6.45, 7) is 5.94. The lowest BCUT2D eigenvalue weighted by molar-refractivity contribution is 0.665. The van der Waals surface area contributed by atoms with Crippen molar-refractivity contribution < 1.29 is 0 Å². The van der Waals surface area contributed by atoms with Gasteiger partial charge in [-0.05, 0) is 54.8 Å². The number of aromatic nitrogens is 3. The van der Waals surface area contributed by atoms with E-state index in [9.17, 15) is 0 Å². The van der Waals surface area contributed by atoms with Crippen molar-refractivity contribution in [3.05, 3.63) is 29.7 Å². The van der Waals surface area contributed by atoms with Gasteiger partial charge in [0.25, 0.3) is 0 Å². The molecule has 2 aromatic rings. The zero-order chi connectivity index (χ0) is 12.8. The summed E-state index contributed by atoms with van der Waals surface area (Å²) < 4.78 is 5.13. The van der Waals surface area contributed by atoms with Crippen LogP contribution in [-0.2, 0) is 6.54 Å². The number of rotatable bonds is 6. The SMILES string of the molecule is CCCNCc1cccnc1Sc1nc(C)ns1. The van der Waals surface area contributed by atoms with Gasteiger partial charge in [0.1, 0.15) is 10.9 Å². The van der Waals surface area contributed by atoms with E-state index < -0.39 is 0 Å². The van der Waals surface area contributed by atoms with Gasteiger partial charge in [0.2, 0.25) is 0 Å². The van der Waals surface area contributed by atoms with Gasteiger partial charge in [-0.1, -0.05) is 13.0 Å². The van der Waals surface area contributed by atoms with Crippen LogP contribution in [-0.4, -0.2) is 20.9 Å². The number of hydrogen-bond donors (Lipinski definition) is 1. The molecule has 2 heterocycles. The Morgan fingerprint density at radius 3 is 3.06 bits per heavy atom. The highest BCUT2D eigenvalue weighted by Gasteiger charge is 2.08. The largest absolute Gasteiger partial charge is 0.313 e. The van der Waals surface area contributed by atoms with E-state index in [2.05, 4.69) is 32.6 Å². The standard InChI is InChI=1S/C12H16N4S2/c1-3-6-13-8-10-5-4-7-14-11(10)17-12-15-9(2)16-18-12/h4-5,7,13H,3,6,8H2,1-2H3. The number of aryl methyl sites for hydroxylation is 1. The van der Waals surface area contributed by atoms with Crippen LogP contribution in [0.3, 0.4) is 0 Å². The summed E-state index contributed by atoms with van der Waals surface area (Å²) in [6, 6.07) is 4.07. The van der Waals surface area contributed by atoms with Gasteiger partial charge < -0.3 is 5.32 Å². The maximum absolute atomic E-state index is 4.42. The minimum Gasteiger partial charge on any atom is -0.313 e. The van der Waals surface area contributed by atoms with Gasteiger partial charge in [-0.3, -0.25) is 0 Å². The molecule has 2 rings (SSSR count). The molecule has 0 bridgehead atoms. The monoisotopic (exact) mass is 280 g/mol. The molecule has 0 amide bonds. The Bertz CT molecular complexity index is 498. The van der Waals surface area contributed by atoms with Crippen molar-refractivity contribution >= 4 is 23.3 Å². The van der Waals surface area contributed by atoms with Crippen molar-refractivity contribution in [1.82, 2.24) is 19.7 Å². The van der Waals surface area contributed by atoms with Crippen LogP contribution in [0.1, 0.15) is 24.7 Å². The van der Waals surface area contributed by atoms with Crippen LogP contribution in [0.25, 0.3) is 0 Å². The van der Waals surface area contributed by atoms with E-state index in [-0.39, 0.29) is 0 Å². The molecule has 0 aliphatic rings. The maximum Gasteiger partial charge on any atom is 0.176 e. The van der Waals surface area contributed by atoms with E-state index in [1.165, 1.54) is 17.1 Å². The second-order valence-electron chi connectivity index (χ2n) is 3.85. The Kier molecular flexibility index (Phi) is 5.10. The molecule has 0 spiro atoms. The molecule has 1 N–H and O–H groups in total. The lowest BCUT2D eigenvalue weighted by atomic mass is 10.3. The number of nitrogens with zero attached hydrogens (tertiary/aromatic N) is 3. The molecule has 0 radical (unpaired) electrons. The predicted molar refractivity (Wildman–Crippen MR) is 75.0 cm³/mol. The number of hydrogen-bond acceptors (Lipinski definition) is 6. The zero-order valence-corrected chi connectivity index (χ0v) is 12.1. The van der Waals surface area contributed by atoms with E-state index >= 15 is 0 Å². The minimum atomic E-state index is 0.823. The molecule has 0 saturated carbocycles. The van der Waals surface area contributed by atoms with Gasteiger partial charge in [0.15, 0.2) is 4.34 Å². The Hall–Kier alpha value is -0.980. The first-order chi connectivity index (χ1) is 8.79. The molecule has 0 aliphatic carbocycles. The quantitative estimate of drug-likeness (QED) is 0.825. The maximum atomic E-state index is 4.42. The van der Waals surface area contributed by atoms with Crippen molar-refractivity contribution in [2.24, 2.45) is 0 Å². The molecule has 18 heavy (non-hydrogen) atoms. The zero-order valence-electron chi connectivity index (χ0n) is 10.5. The second-order valence-corrected chi connectivity index (χ2v) is 5.84. The van der Waals surface area contributed by atoms with Crippen LogP contribution in [0.2, 0.25) is 0 Å². The fourth-order valence-corrected chi connectivity index (χ4v) is 3.10. The van der Waals surface area contributed by atoms with Crippen molar-refractivity contribution in [2.45, 2.75) is 36.2 Å². The fraction of sp³-hybridized carbons (Fsp3) is 0.417. The van der Waals surface area contributed by atoms with Crippen molar-refractivity contribution in [2.75, 3.05) is 6.54 Å². The Morgan fingerprint density at radius 2 is 2.33 bits per heavy atom. The fourth-order valence-electron chi connectivity index (χ4n) is 1.45.